The highest BCUT2D eigenvalue weighted by Crippen LogP contribution is 2.23. The standard InChI is InChI=1S/C13H15Cl2N3/c1-2-16-8-13-17-5-6-18(13)9-10-3-4-11(14)12(15)7-10/h3-7,16H,2,8-9H2,1H3. The van der Waals surface area contributed by atoms with Gasteiger partial charge in [-0.05, 0) is 24.2 Å². The van der Waals surface area contributed by atoms with Crippen molar-refractivity contribution in [3.05, 3.63) is 52.0 Å². The largest absolute Gasteiger partial charge is 0.329 e. The van der Waals surface area contributed by atoms with Crippen LogP contribution in [0.5, 0.6) is 0 Å². The van der Waals surface area contributed by atoms with Gasteiger partial charge in [-0.1, -0.05) is 36.2 Å². The molecule has 1 N–H and O–H groups in total. The molecule has 1 heterocycles. The molecule has 0 aliphatic heterocycles. The van der Waals surface area contributed by atoms with Crippen molar-refractivity contribution in [2.24, 2.45) is 0 Å². The zero-order valence-electron chi connectivity index (χ0n) is 10.2. The minimum Gasteiger partial charge on any atom is -0.329 e. The van der Waals surface area contributed by atoms with Crippen LogP contribution in [0.2, 0.25) is 10.0 Å². The van der Waals surface area contributed by atoms with Gasteiger partial charge < -0.3 is 9.88 Å². The normalized spacial score (nSPS) is 10.8. The fourth-order valence-corrected chi connectivity index (χ4v) is 2.04. The van der Waals surface area contributed by atoms with E-state index in [9.17, 15) is 0 Å². The summed E-state index contributed by atoms with van der Waals surface area (Å²) < 4.78 is 2.10. The van der Waals surface area contributed by atoms with E-state index in [1.54, 1.807) is 0 Å². The SMILES string of the molecule is CCNCc1nccn1Cc1ccc(Cl)c(Cl)c1. The number of halogens is 2. The van der Waals surface area contributed by atoms with Gasteiger partial charge in [0.05, 0.1) is 16.6 Å². The molecule has 2 rings (SSSR count). The third-order valence-corrected chi connectivity index (χ3v) is 3.41. The molecule has 5 heteroatoms. The lowest BCUT2D eigenvalue weighted by atomic mass is 10.2. The predicted octanol–water partition coefficient (Wildman–Crippen LogP) is 3.35. The van der Waals surface area contributed by atoms with Crippen molar-refractivity contribution in [1.82, 2.24) is 14.9 Å². The van der Waals surface area contributed by atoms with Gasteiger partial charge in [-0.15, -0.1) is 0 Å². The molecular formula is C13H15Cl2N3. The average molecular weight is 284 g/mol. The lowest BCUT2D eigenvalue weighted by Crippen LogP contribution is -2.16. The van der Waals surface area contributed by atoms with E-state index in [1.807, 2.05) is 30.6 Å². The van der Waals surface area contributed by atoms with Crippen LogP contribution >= 0.6 is 23.2 Å². The first-order valence-electron chi connectivity index (χ1n) is 5.85. The number of benzene rings is 1. The fourth-order valence-electron chi connectivity index (χ4n) is 1.72. The monoisotopic (exact) mass is 283 g/mol. The van der Waals surface area contributed by atoms with Gasteiger partial charge in [0.1, 0.15) is 5.82 Å². The Balaban J connectivity index is 2.13. The molecule has 0 fully saturated rings. The van der Waals surface area contributed by atoms with Gasteiger partial charge in [-0.3, -0.25) is 0 Å². The highest BCUT2D eigenvalue weighted by molar-refractivity contribution is 6.42. The van der Waals surface area contributed by atoms with Crippen LogP contribution in [0, 0.1) is 0 Å². The minimum atomic E-state index is 0.582. The topological polar surface area (TPSA) is 29.9 Å². The first-order valence-corrected chi connectivity index (χ1v) is 6.61. The van der Waals surface area contributed by atoms with E-state index in [-0.39, 0.29) is 0 Å². The van der Waals surface area contributed by atoms with Crippen LogP contribution in [0.3, 0.4) is 0 Å². The molecule has 0 unspecified atom stereocenters. The molecule has 0 saturated carbocycles. The summed E-state index contributed by atoms with van der Waals surface area (Å²) in [6, 6.07) is 5.69. The van der Waals surface area contributed by atoms with Crippen molar-refractivity contribution in [3.63, 3.8) is 0 Å². The van der Waals surface area contributed by atoms with E-state index >= 15 is 0 Å². The summed E-state index contributed by atoms with van der Waals surface area (Å²) in [7, 11) is 0. The summed E-state index contributed by atoms with van der Waals surface area (Å²) in [4.78, 5) is 4.33. The van der Waals surface area contributed by atoms with Crippen LogP contribution in [0.4, 0.5) is 0 Å². The number of nitrogens with one attached hydrogen (secondary N) is 1. The first-order chi connectivity index (χ1) is 8.70. The van der Waals surface area contributed by atoms with Gasteiger partial charge in [0, 0.05) is 18.9 Å². The van der Waals surface area contributed by atoms with Crippen molar-refractivity contribution in [3.8, 4) is 0 Å². The second-order valence-corrected chi connectivity index (χ2v) is 4.81. The summed E-state index contributed by atoms with van der Waals surface area (Å²) in [6.07, 6.45) is 3.78. The van der Waals surface area contributed by atoms with Crippen molar-refractivity contribution in [2.45, 2.75) is 20.0 Å². The van der Waals surface area contributed by atoms with Gasteiger partial charge in [0.25, 0.3) is 0 Å². The Hall–Kier alpha value is -1.03. The number of hydrogen-bond acceptors (Lipinski definition) is 2. The van der Waals surface area contributed by atoms with Crippen LogP contribution in [0.25, 0.3) is 0 Å². The quantitative estimate of drug-likeness (QED) is 0.912. The Morgan fingerprint density at radius 3 is 2.83 bits per heavy atom. The Morgan fingerprint density at radius 2 is 2.11 bits per heavy atom. The van der Waals surface area contributed by atoms with Gasteiger partial charge >= 0.3 is 0 Å². The number of hydrogen-bond donors (Lipinski definition) is 1. The number of aromatic nitrogens is 2. The van der Waals surface area contributed by atoms with Gasteiger partial charge in [-0.25, -0.2) is 4.98 Å². The molecule has 3 nitrogen and oxygen atoms in total. The van der Waals surface area contributed by atoms with Crippen molar-refractivity contribution < 1.29 is 0 Å². The molecule has 96 valence electrons. The summed E-state index contributed by atoms with van der Waals surface area (Å²) in [5, 5.41) is 4.43. The number of rotatable bonds is 5. The second kappa shape index (κ2) is 6.23. The summed E-state index contributed by atoms with van der Waals surface area (Å²) in [6.45, 7) is 4.52. The Morgan fingerprint density at radius 1 is 1.28 bits per heavy atom. The van der Waals surface area contributed by atoms with E-state index in [2.05, 4.69) is 21.8 Å². The van der Waals surface area contributed by atoms with Gasteiger partial charge in [0.2, 0.25) is 0 Å². The van der Waals surface area contributed by atoms with E-state index in [1.165, 1.54) is 0 Å². The van der Waals surface area contributed by atoms with Crippen LogP contribution in [-0.2, 0) is 13.1 Å². The van der Waals surface area contributed by atoms with Crippen molar-refractivity contribution in [1.29, 1.82) is 0 Å². The summed E-state index contributed by atoms with van der Waals surface area (Å²) in [5.41, 5.74) is 1.11. The third-order valence-electron chi connectivity index (χ3n) is 2.67. The molecule has 0 aliphatic carbocycles. The molecule has 1 aromatic carbocycles. The summed E-state index contributed by atoms with van der Waals surface area (Å²) in [5.74, 6) is 1.02. The minimum absolute atomic E-state index is 0.582. The highest BCUT2D eigenvalue weighted by Gasteiger charge is 2.04. The second-order valence-electron chi connectivity index (χ2n) is 4.00. The smallest absolute Gasteiger partial charge is 0.122 e. The maximum absolute atomic E-state index is 6.01. The molecular weight excluding hydrogens is 269 g/mol. The number of nitrogens with zero attached hydrogens (tertiary/aromatic N) is 2. The molecule has 2 aromatic rings. The van der Waals surface area contributed by atoms with Crippen LogP contribution in [0.15, 0.2) is 30.6 Å². The van der Waals surface area contributed by atoms with Crippen LogP contribution < -0.4 is 5.32 Å². The van der Waals surface area contributed by atoms with Crippen molar-refractivity contribution in [2.75, 3.05) is 6.54 Å². The molecule has 18 heavy (non-hydrogen) atoms. The first kappa shape index (κ1) is 13.4. The van der Waals surface area contributed by atoms with E-state index in [0.717, 1.165) is 31.0 Å². The Kier molecular flexibility index (Phi) is 4.64. The predicted molar refractivity (Wildman–Crippen MR) is 75.2 cm³/mol. The molecule has 0 atom stereocenters. The van der Waals surface area contributed by atoms with E-state index < -0.39 is 0 Å². The maximum atomic E-state index is 6.01. The fraction of sp³-hybridized carbons (Fsp3) is 0.308. The highest BCUT2D eigenvalue weighted by atomic mass is 35.5. The average Bonchev–Trinajstić information content (AvgIpc) is 2.79. The van der Waals surface area contributed by atoms with Gasteiger partial charge in [-0.2, -0.15) is 0 Å². The maximum Gasteiger partial charge on any atom is 0.122 e. The lowest BCUT2D eigenvalue weighted by Gasteiger charge is -2.09. The molecule has 0 bridgehead atoms. The van der Waals surface area contributed by atoms with E-state index in [0.29, 0.717) is 10.0 Å². The molecule has 0 aliphatic rings. The zero-order valence-corrected chi connectivity index (χ0v) is 11.7. The van der Waals surface area contributed by atoms with E-state index in [4.69, 9.17) is 23.2 Å². The molecule has 0 amide bonds. The Labute approximate surface area is 117 Å². The van der Waals surface area contributed by atoms with Crippen molar-refractivity contribution >= 4 is 23.2 Å². The molecule has 1 aromatic heterocycles. The van der Waals surface area contributed by atoms with Crippen LogP contribution in [0.1, 0.15) is 18.3 Å². The van der Waals surface area contributed by atoms with Gasteiger partial charge in [0.15, 0.2) is 0 Å². The molecule has 0 saturated heterocycles. The zero-order chi connectivity index (χ0) is 13.0. The number of imidazole rings is 1. The van der Waals surface area contributed by atoms with Crippen LogP contribution in [-0.4, -0.2) is 16.1 Å². The summed E-state index contributed by atoms with van der Waals surface area (Å²) >= 11 is 11.9. The third kappa shape index (κ3) is 3.25. The molecule has 0 radical (unpaired) electrons. The lowest BCUT2D eigenvalue weighted by molar-refractivity contribution is 0.639. The Bertz CT molecular complexity index is 523. The molecule has 0 spiro atoms.